The molecule has 0 aromatic heterocycles. The molecule has 2 saturated carbocycles. The first kappa shape index (κ1) is 12.0. The molecule has 0 heteroatoms. The molecule has 0 aromatic carbocycles. The minimum absolute atomic E-state index is 0.893. The second-order valence-electron chi connectivity index (χ2n) is 5.72. The molecule has 0 saturated heterocycles. The van der Waals surface area contributed by atoms with Crippen molar-refractivity contribution in [3.63, 3.8) is 0 Å². The Kier molecular flexibility index (Phi) is 4.26. The first-order chi connectivity index (χ1) is 7.83. The minimum atomic E-state index is 0.893. The van der Waals surface area contributed by atoms with Gasteiger partial charge in [-0.3, -0.25) is 0 Å². The van der Waals surface area contributed by atoms with Crippen LogP contribution in [0.3, 0.4) is 0 Å². The van der Waals surface area contributed by atoms with E-state index in [1.54, 1.807) is 0 Å². The van der Waals surface area contributed by atoms with Gasteiger partial charge in [0.05, 0.1) is 0 Å². The lowest BCUT2D eigenvalue weighted by atomic mass is 9.65. The summed E-state index contributed by atoms with van der Waals surface area (Å²) < 4.78 is 0. The largest absolute Gasteiger partial charge is 0.0914 e. The number of rotatable bonds is 2. The van der Waals surface area contributed by atoms with Crippen molar-refractivity contribution < 1.29 is 0 Å². The molecule has 2 fully saturated rings. The summed E-state index contributed by atoms with van der Waals surface area (Å²) in [5.41, 5.74) is 0. The first-order valence-electron chi connectivity index (χ1n) is 7.09. The predicted octanol–water partition coefficient (Wildman–Crippen LogP) is 4.97. The third kappa shape index (κ3) is 2.78. The summed E-state index contributed by atoms with van der Waals surface area (Å²) >= 11 is 0. The Balaban J connectivity index is 1.89. The SMILES string of the molecule is CC=CC1CCC2C[C@H](C=CC)CC[C@@H]2C1. The van der Waals surface area contributed by atoms with E-state index in [1.165, 1.54) is 38.5 Å². The third-order valence-electron chi connectivity index (χ3n) is 4.62. The highest BCUT2D eigenvalue weighted by Gasteiger charge is 2.33. The Hall–Kier alpha value is -0.520. The topological polar surface area (TPSA) is 0 Å². The maximum atomic E-state index is 2.44. The van der Waals surface area contributed by atoms with Crippen LogP contribution in [0.1, 0.15) is 52.4 Å². The van der Waals surface area contributed by atoms with E-state index in [0.717, 1.165) is 23.7 Å². The average Bonchev–Trinajstić information content (AvgIpc) is 2.30. The van der Waals surface area contributed by atoms with Gasteiger partial charge in [-0.1, -0.05) is 24.3 Å². The highest BCUT2D eigenvalue weighted by atomic mass is 14.4. The van der Waals surface area contributed by atoms with Gasteiger partial charge in [0.2, 0.25) is 0 Å². The molecule has 16 heavy (non-hydrogen) atoms. The van der Waals surface area contributed by atoms with E-state index in [1.807, 2.05) is 0 Å². The highest BCUT2D eigenvalue weighted by molar-refractivity contribution is 4.97. The lowest BCUT2D eigenvalue weighted by Crippen LogP contribution is -2.30. The van der Waals surface area contributed by atoms with E-state index < -0.39 is 0 Å². The first-order valence-corrected chi connectivity index (χ1v) is 7.09. The van der Waals surface area contributed by atoms with Gasteiger partial charge in [0.15, 0.2) is 0 Å². The molecule has 2 unspecified atom stereocenters. The van der Waals surface area contributed by atoms with Crippen LogP contribution in [0, 0.1) is 23.7 Å². The monoisotopic (exact) mass is 218 g/mol. The molecule has 2 rings (SSSR count). The van der Waals surface area contributed by atoms with E-state index in [0.29, 0.717) is 0 Å². The molecule has 0 amide bonds. The van der Waals surface area contributed by atoms with E-state index in [-0.39, 0.29) is 0 Å². The number of hydrogen-bond donors (Lipinski definition) is 0. The van der Waals surface area contributed by atoms with Gasteiger partial charge in [0.1, 0.15) is 0 Å². The van der Waals surface area contributed by atoms with Gasteiger partial charge in [-0.2, -0.15) is 0 Å². The van der Waals surface area contributed by atoms with Crippen LogP contribution >= 0.6 is 0 Å². The van der Waals surface area contributed by atoms with Crippen molar-refractivity contribution in [3.8, 4) is 0 Å². The molecule has 2 aliphatic rings. The zero-order valence-electron chi connectivity index (χ0n) is 10.9. The fourth-order valence-corrected chi connectivity index (χ4v) is 3.86. The molecule has 0 radical (unpaired) electrons. The Morgan fingerprint density at radius 2 is 1.12 bits per heavy atom. The number of fused-ring (bicyclic) bond motifs is 1. The smallest absolute Gasteiger partial charge is 0.0231 e. The third-order valence-corrected chi connectivity index (χ3v) is 4.62. The summed E-state index contributed by atoms with van der Waals surface area (Å²) in [6.45, 7) is 4.32. The zero-order chi connectivity index (χ0) is 11.4. The van der Waals surface area contributed by atoms with Gasteiger partial charge < -0.3 is 0 Å². The summed E-state index contributed by atoms with van der Waals surface area (Å²) in [5.74, 6) is 3.86. The van der Waals surface area contributed by atoms with E-state index >= 15 is 0 Å². The molecule has 0 spiro atoms. The molecule has 90 valence electrons. The van der Waals surface area contributed by atoms with Gasteiger partial charge in [-0.05, 0) is 76.0 Å². The Morgan fingerprint density at radius 3 is 1.50 bits per heavy atom. The normalized spacial score (nSPS) is 40.4. The number of allylic oxidation sites excluding steroid dienone is 4. The van der Waals surface area contributed by atoms with Crippen LogP contribution in [0.5, 0.6) is 0 Å². The molecule has 2 aliphatic carbocycles. The summed E-state index contributed by atoms with van der Waals surface area (Å²) in [6, 6.07) is 0. The molecular weight excluding hydrogens is 192 g/mol. The van der Waals surface area contributed by atoms with E-state index in [9.17, 15) is 0 Å². The van der Waals surface area contributed by atoms with Crippen molar-refractivity contribution in [1.82, 2.24) is 0 Å². The highest BCUT2D eigenvalue weighted by Crippen LogP contribution is 2.45. The Labute approximate surface area is 101 Å². The van der Waals surface area contributed by atoms with Gasteiger partial charge in [-0.15, -0.1) is 0 Å². The van der Waals surface area contributed by atoms with Gasteiger partial charge in [0, 0.05) is 0 Å². The Bertz CT molecular complexity index is 233. The summed E-state index contributed by atoms with van der Waals surface area (Å²) in [4.78, 5) is 0. The van der Waals surface area contributed by atoms with Gasteiger partial charge in [0.25, 0.3) is 0 Å². The maximum Gasteiger partial charge on any atom is -0.0231 e. The van der Waals surface area contributed by atoms with Crippen LogP contribution in [0.2, 0.25) is 0 Å². The van der Waals surface area contributed by atoms with E-state index in [2.05, 4.69) is 38.2 Å². The van der Waals surface area contributed by atoms with Crippen LogP contribution in [-0.2, 0) is 0 Å². The standard InChI is InChI=1S/C16H26/c1-3-5-13-7-9-16-12-14(6-4-2)8-10-15(16)11-13/h3-6,13-16H,7-12H2,1-2H3/t13-,14?,15?,16-/m1/s1. The van der Waals surface area contributed by atoms with Crippen LogP contribution < -0.4 is 0 Å². The molecule has 0 bridgehead atoms. The van der Waals surface area contributed by atoms with Gasteiger partial charge in [-0.25, -0.2) is 0 Å². The van der Waals surface area contributed by atoms with Gasteiger partial charge >= 0.3 is 0 Å². The molecule has 0 N–H and O–H groups in total. The second-order valence-corrected chi connectivity index (χ2v) is 5.72. The maximum absolute atomic E-state index is 2.44. The summed E-state index contributed by atoms with van der Waals surface area (Å²) in [7, 11) is 0. The summed E-state index contributed by atoms with van der Waals surface area (Å²) in [6.07, 6.45) is 18.1. The quantitative estimate of drug-likeness (QED) is 0.574. The Morgan fingerprint density at radius 1 is 0.688 bits per heavy atom. The molecule has 0 heterocycles. The average molecular weight is 218 g/mol. The predicted molar refractivity (Wildman–Crippen MR) is 71.3 cm³/mol. The van der Waals surface area contributed by atoms with Crippen LogP contribution in [-0.4, -0.2) is 0 Å². The summed E-state index contributed by atoms with van der Waals surface area (Å²) in [5, 5.41) is 0. The molecule has 0 aromatic rings. The minimum Gasteiger partial charge on any atom is -0.0914 e. The lowest BCUT2D eigenvalue weighted by Gasteiger charge is -2.41. The van der Waals surface area contributed by atoms with E-state index in [4.69, 9.17) is 0 Å². The molecule has 0 aliphatic heterocycles. The fraction of sp³-hybridized carbons (Fsp3) is 0.750. The molecule has 0 nitrogen and oxygen atoms in total. The lowest BCUT2D eigenvalue weighted by molar-refractivity contribution is 0.126. The second kappa shape index (κ2) is 5.70. The van der Waals surface area contributed by atoms with Crippen molar-refractivity contribution in [2.75, 3.05) is 0 Å². The molecule has 4 atom stereocenters. The van der Waals surface area contributed by atoms with Crippen molar-refractivity contribution >= 4 is 0 Å². The van der Waals surface area contributed by atoms with Crippen molar-refractivity contribution in [2.45, 2.75) is 52.4 Å². The van der Waals surface area contributed by atoms with Crippen LogP contribution in [0.15, 0.2) is 24.3 Å². The van der Waals surface area contributed by atoms with Crippen LogP contribution in [0.25, 0.3) is 0 Å². The fourth-order valence-electron chi connectivity index (χ4n) is 3.86. The number of hydrogen-bond acceptors (Lipinski definition) is 0. The zero-order valence-corrected chi connectivity index (χ0v) is 10.9. The van der Waals surface area contributed by atoms with Crippen LogP contribution in [0.4, 0.5) is 0 Å². The van der Waals surface area contributed by atoms with Crippen molar-refractivity contribution in [1.29, 1.82) is 0 Å². The van der Waals surface area contributed by atoms with Crippen molar-refractivity contribution in [2.24, 2.45) is 23.7 Å². The molecular formula is C16H26. The van der Waals surface area contributed by atoms with Crippen molar-refractivity contribution in [3.05, 3.63) is 24.3 Å².